The van der Waals surface area contributed by atoms with Crippen LogP contribution in [0.2, 0.25) is 0 Å². The standard InChI is InChI=1S/C16H18N2O2/c1-11-9-15(12(2)8-14(11)17)18-16(19)20-10-13-6-4-3-5-7-13/h3-9H,10,17H2,1-2H3,(H,18,19). The number of rotatable bonds is 3. The quantitative estimate of drug-likeness (QED) is 0.837. The molecule has 4 heteroatoms. The van der Waals surface area contributed by atoms with Gasteiger partial charge in [0.05, 0.1) is 0 Å². The Hall–Kier alpha value is -2.49. The molecule has 2 aromatic rings. The summed E-state index contributed by atoms with van der Waals surface area (Å²) in [5.41, 5.74) is 10.0. The van der Waals surface area contributed by atoms with Crippen molar-refractivity contribution in [3.8, 4) is 0 Å². The van der Waals surface area contributed by atoms with Crippen molar-refractivity contribution in [1.29, 1.82) is 0 Å². The molecule has 0 radical (unpaired) electrons. The number of amides is 1. The highest BCUT2D eigenvalue weighted by Gasteiger charge is 2.07. The first-order valence-electron chi connectivity index (χ1n) is 6.40. The zero-order valence-corrected chi connectivity index (χ0v) is 11.6. The summed E-state index contributed by atoms with van der Waals surface area (Å²) in [6.45, 7) is 4.04. The predicted octanol–water partition coefficient (Wildman–Crippen LogP) is 3.63. The zero-order valence-electron chi connectivity index (χ0n) is 11.6. The number of hydrogen-bond donors (Lipinski definition) is 2. The first kappa shape index (κ1) is 13.9. The van der Waals surface area contributed by atoms with Crippen molar-refractivity contribution in [1.82, 2.24) is 0 Å². The molecular weight excluding hydrogens is 252 g/mol. The molecule has 2 aromatic carbocycles. The summed E-state index contributed by atoms with van der Waals surface area (Å²) in [5, 5.41) is 2.73. The molecule has 0 bridgehead atoms. The van der Waals surface area contributed by atoms with Crippen molar-refractivity contribution in [2.75, 3.05) is 11.1 Å². The van der Waals surface area contributed by atoms with E-state index in [0.717, 1.165) is 22.4 Å². The second-order valence-electron chi connectivity index (χ2n) is 4.71. The van der Waals surface area contributed by atoms with E-state index >= 15 is 0 Å². The Bertz CT molecular complexity index is 609. The smallest absolute Gasteiger partial charge is 0.411 e. The Kier molecular flexibility index (Phi) is 4.25. The van der Waals surface area contributed by atoms with E-state index in [-0.39, 0.29) is 6.61 Å². The minimum Gasteiger partial charge on any atom is -0.444 e. The molecule has 104 valence electrons. The van der Waals surface area contributed by atoms with Gasteiger partial charge in [0, 0.05) is 11.4 Å². The molecule has 1 amide bonds. The Labute approximate surface area is 118 Å². The van der Waals surface area contributed by atoms with Gasteiger partial charge in [-0.05, 0) is 42.7 Å². The van der Waals surface area contributed by atoms with Gasteiger partial charge in [-0.3, -0.25) is 5.32 Å². The number of carbonyl (C=O) groups is 1. The van der Waals surface area contributed by atoms with Crippen LogP contribution in [0.3, 0.4) is 0 Å². The lowest BCUT2D eigenvalue weighted by atomic mass is 10.1. The van der Waals surface area contributed by atoms with Crippen molar-refractivity contribution < 1.29 is 9.53 Å². The van der Waals surface area contributed by atoms with Crippen LogP contribution < -0.4 is 11.1 Å². The number of nitrogens with one attached hydrogen (secondary N) is 1. The summed E-state index contributed by atoms with van der Waals surface area (Å²) in [6.07, 6.45) is -0.471. The highest BCUT2D eigenvalue weighted by Crippen LogP contribution is 2.22. The van der Waals surface area contributed by atoms with Crippen LogP contribution in [0.5, 0.6) is 0 Å². The molecule has 0 fully saturated rings. The number of hydrogen-bond acceptors (Lipinski definition) is 3. The molecule has 0 aliphatic carbocycles. The monoisotopic (exact) mass is 270 g/mol. The van der Waals surface area contributed by atoms with E-state index in [4.69, 9.17) is 10.5 Å². The van der Waals surface area contributed by atoms with Crippen molar-refractivity contribution >= 4 is 17.5 Å². The summed E-state index contributed by atoms with van der Waals surface area (Å²) in [6, 6.07) is 13.2. The molecule has 0 saturated heterocycles. The molecule has 4 nitrogen and oxygen atoms in total. The molecule has 3 N–H and O–H groups in total. The number of nitrogen functional groups attached to an aromatic ring is 1. The maximum absolute atomic E-state index is 11.8. The van der Waals surface area contributed by atoms with E-state index < -0.39 is 6.09 Å². The second kappa shape index (κ2) is 6.10. The van der Waals surface area contributed by atoms with Crippen LogP contribution in [0.4, 0.5) is 16.2 Å². The van der Waals surface area contributed by atoms with Gasteiger partial charge in [0.25, 0.3) is 0 Å². The average molecular weight is 270 g/mol. The van der Waals surface area contributed by atoms with Crippen molar-refractivity contribution in [3.63, 3.8) is 0 Å². The molecule has 0 unspecified atom stereocenters. The van der Waals surface area contributed by atoms with E-state index in [2.05, 4.69) is 5.32 Å². The minimum absolute atomic E-state index is 0.250. The molecule has 2 rings (SSSR count). The third kappa shape index (κ3) is 3.51. The maximum Gasteiger partial charge on any atom is 0.411 e. The van der Waals surface area contributed by atoms with Gasteiger partial charge in [0.15, 0.2) is 0 Å². The lowest BCUT2D eigenvalue weighted by Crippen LogP contribution is -2.14. The number of ether oxygens (including phenoxy) is 1. The molecule has 0 aliphatic rings. The zero-order chi connectivity index (χ0) is 14.5. The summed E-state index contributed by atoms with van der Waals surface area (Å²) >= 11 is 0. The van der Waals surface area contributed by atoms with Gasteiger partial charge in [-0.25, -0.2) is 4.79 Å². The first-order valence-corrected chi connectivity index (χ1v) is 6.40. The number of anilines is 2. The van der Waals surface area contributed by atoms with Gasteiger partial charge in [-0.2, -0.15) is 0 Å². The number of nitrogens with two attached hydrogens (primary N) is 1. The van der Waals surface area contributed by atoms with Crippen LogP contribution in [0.1, 0.15) is 16.7 Å². The lowest BCUT2D eigenvalue weighted by molar-refractivity contribution is 0.155. The Balaban J connectivity index is 1.97. The number of benzene rings is 2. The largest absolute Gasteiger partial charge is 0.444 e. The van der Waals surface area contributed by atoms with Crippen LogP contribution in [-0.4, -0.2) is 6.09 Å². The summed E-state index contributed by atoms with van der Waals surface area (Å²) < 4.78 is 5.18. The van der Waals surface area contributed by atoms with E-state index in [0.29, 0.717) is 5.69 Å². The van der Waals surface area contributed by atoms with Crippen LogP contribution in [0.15, 0.2) is 42.5 Å². The fourth-order valence-electron chi connectivity index (χ4n) is 1.84. The van der Waals surface area contributed by atoms with Crippen LogP contribution in [0.25, 0.3) is 0 Å². The molecular formula is C16H18N2O2. The van der Waals surface area contributed by atoms with E-state index in [1.165, 1.54) is 0 Å². The van der Waals surface area contributed by atoms with Gasteiger partial charge in [0.2, 0.25) is 0 Å². The third-order valence-electron chi connectivity index (χ3n) is 3.06. The van der Waals surface area contributed by atoms with Gasteiger partial charge in [0.1, 0.15) is 6.61 Å². The highest BCUT2D eigenvalue weighted by atomic mass is 16.5. The lowest BCUT2D eigenvalue weighted by Gasteiger charge is -2.11. The highest BCUT2D eigenvalue weighted by molar-refractivity contribution is 5.86. The molecule has 0 heterocycles. The van der Waals surface area contributed by atoms with Gasteiger partial charge >= 0.3 is 6.09 Å². The molecule has 20 heavy (non-hydrogen) atoms. The van der Waals surface area contributed by atoms with Gasteiger partial charge in [-0.1, -0.05) is 30.3 Å². The Morgan fingerprint density at radius 1 is 1.15 bits per heavy atom. The van der Waals surface area contributed by atoms with Crippen molar-refractivity contribution in [2.24, 2.45) is 0 Å². The summed E-state index contributed by atoms with van der Waals surface area (Å²) in [4.78, 5) is 11.8. The molecule has 0 aliphatic heterocycles. The molecule has 0 saturated carbocycles. The van der Waals surface area contributed by atoms with Crippen LogP contribution >= 0.6 is 0 Å². The van der Waals surface area contributed by atoms with E-state index in [1.54, 1.807) is 0 Å². The second-order valence-corrected chi connectivity index (χ2v) is 4.71. The van der Waals surface area contributed by atoms with E-state index in [1.807, 2.05) is 56.3 Å². The summed E-state index contributed by atoms with van der Waals surface area (Å²) in [5.74, 6) is 0. The molecule has 0 atom stereocenters. The van der Waals surface area contributed by atoms with Crippen LogP contribution in [-0.2, 0) is 11.3 Å². The maximum atomic E-state index is 11.8. The average Bonchev–Trinajstić information content (AvgIpc) is 2.44. The number of carbonyl (C=O) groups excluding carboxylic acids is 1. The van der Waals surface area contributed by atoms with Gasteiger partial charge < -0.3 is 10.5 Å². The van der Waals surface area contributed by atoms with Crippen molar-refractivity contribution in [2.45, 2.75) is 20.5 Å². The normalized spacial score (nSPS) is 10.1. The first-order chi connectivity index (χ1) is 9.56. The van der Waals surface area contributed by atoms with E-state index in [9.17, 15) is 4.79 Å². The third-order valence-corrected chi connectivity index (χ3v) is 3.06. The van der Waals surface area contributed by atoms with Crippen LogP contribution in [0, 0.1) is 13.8 Å². The topological polar surface area (TPSA) is 64.3 Å². The predicted molar refractivity (Wildman–Crippen MR) is 80.6 cm³/mol. The Morgan fingerprint density at radius 3 is 2.55 bits per heavy atom. The summed E-state index contributed by atoms with van der Waals surface area (Å²) in [7, 11) is 0. The minimum atomic E-state index is -0.471. The fourth-order valence-corrected chi connectivity index (χ4v) is 1.84. The number of aryl methyl sites for hydroxylation is 2. The Morgan fingerprint density at radius 2 is 1.85 bits per heavy atom. The molecule has 0 aromatic heterocycles. The molecule has 0 spiro atoms. The fraction of sp³-hybridized carbons (Fsp3) is 0.188. The SMILES string of the molecule is Cc1cc(NC(=O)OCc2ccccc2)c(C)cc1N. The van der Waals surface area contributed by atoms with Gasteiger partial charge in [-0.15, -0.1) is 0 Å². The van der Waals surface area contributed by atoms with Crippen molar-refractivity contribution in [3.05, 3.63) is 59.2 Å².